The number of carbonyl (C=O) groups excluding carboxylic acids is 1. The molecular weight excluding hydrogens is 230 g/mol. The summed E-state index contributed by atoms with van der Waals surface area (Å²) in [4.78, 5) is 22.3. The molecule has 0 aromatic carbocycles. The zero-order chi connectivity index (χ0) is 12.2. The van der Waals surface area contributed by atoms with E-state index in [1.54, 1.807) is 6.92 Å². The number of amides is 1. The summed E-state index contributed by atoms with van der Waals surface area (Å²) < 4.78 is 7.50. The van der Waals surface area contributed by atoms with Crippen molar-refractivity contribution in [2.75, 3.05) is 0 Å². The summed E-state index contributed by atoms with van der Waals surface area (Å²) in [5.74, 6) is -1.33. The maximum absolute atomic E-state index is 11.7. The molecule has 1 heterocycles. The van der Waals surface area contributed by atoms with Crippen LogP contribution < -0.4 is 5.32 Å². The lowest BCUT2D eigenvalue weighted by molar-refractivity contribution is -0.138. The van der Waals surface area contributed by atoms with Gasteiger partial charge in [-0.05, 0) is 13.3 Å². The van der Waals surface area contributed by atoms with E-state index >= 15 is 0 Å². The first kappa shape index (κ1) is 12.6. The van der Waals surface area contributed by atoms with Crippen molar-refractivity contribution in [2.24, 2.45) is 0 Å². The van der Waals surface area contributed by atoms with Crippen LogP contribution >= 0.6 is 11.7 Å². The zero-order valence-electron chi connectivity index (χ0n) is 9.06. The van der Waals surface area contributed by atoms with Crippen LogP contribution in [0.1, 0.15) is 37.2 Å². The number of nitrogens with one attached hydrogen (secondary N) is 1. The Bertz CT molecular complexity index is 379. The molecule has 1 unspecified atom stereocenters. The van der Waals surface area contributed by atoms with E-state index in [4.69, 9.17) is 5.11 Å². The highest BCUT2D eigenvalue weighted by molar-refractivity contribution is 6.99. The van der Waals surface area contributed by atoms with Crippen LogP contribution in [-0.2, 0) is 4.79 Å². The first-order valence-corrected chi connectivity index (χ1v) is 5.52. The van der Waals surface area contributed by atoms with Crippen LogP contribution in [0.5, 0.6) is 0 Å². The average molecular weight is 243 g/mol. The Morgan fingerprint density at radius 3 is 2.75 bits per heavy atom. The van der Waals surface area contributed by atoms with E-state index in [-0.39, 0.29) is 18.0 Å². The maximum Gasteiger partial charge on any atom is 0.305 e. The summed E-state index contributed by atoms with van der Waals surface area (Å²) in [5, 5.41) is 11.4. The molecule has 88 valence electrons. The Morgan fingerprint density at radius 1 is 1.62 bits per heavy atom. The standard InChI is InChI=1S/C9H13N3O3S/c1-3-9(2,4-7(13)14)11-8(15)6-5-10-16-12-6/h5H,3-4H2,1-2H3,(H,11,15)(H,13,14). The molecule has 0 radical (unpaired) electrons. The Morgan fingerprint density at radius 2 is 2.31 bits per heavy atom. The largest absolute Gasteiger partial charge is 0.481 e. The number of aromatic nitrogens is 2. The molecule has 0 saturated carbocycles. The molecule has 0 spiro atoms. The van der Waals surface area contributed by atoms with E-state index in [0.29, 0.717) is 6.42 Å². The van der Waals surface area contributed by atoms with Gasteiger partial charge in [0.15, 0.2) is 5.69 Å². The van der Waals surface area contributed by atoms with Crippen molar-refractivity contribution in [1.29, 1.82) is 0 Å². The first-order valence-electron chi connectivity index (χ1n) is 4.79. The number of carbonyl (C=O) groups is 2. The van der Waals surface area contributed by atoms with Gasteiger partial charge in [0.1, 0.15) is 0 Å². The average Bonchev–Trinajstić information content (AvgIpc) is 2.69. The Labute approximate surface area is 97.0 Å². The van der Waals surface area contributed by atoms with Crippen molar-refractivity contribution in [1.82, 2.24) is 14.1 Å². The maximum atomic E-state index is 11.7. The molecule has 1 atom stereocenters. The van der Waals surface area contributed by atoms with Gasteiger partial charge in [-0.15, -0.1) is 0 Å². The first-order chi connectivity index (χ1) is 7.47. The Balaban J connectivity index is 2.70. The lowest BCUT2D eigenvalue weighted by Crippen LogP contribution is -2.47. The summed E-state index contributed by atoms with van der Waals surface area (Å²) in [5.41, 5.74) is -0.540. The highest BCUT2D eigenvalue weighted by Crippen LogP contribution is 2.15. The monoisotopic (exact) mass is 243 g/mol. The second-order valence-electron chi connectivity index (χ2n) is 3.73. The molecule has 0 aliphatic heterocycles. The van der Waals surface area contributed by atoms with Gasteiger partial charge in [-0.1, -0.05) is 6.92 Å². The van der Waals surface area contributed by atoms with Crippen LogP contribution in [0.2, 0.25) is 0 Å². The van der Waals surface area contributed by atoms with Crippen molar-refractivity contribution in [3.8, 4) is 0 Å². The predicted molar refractivity (Wildman–Crippen MR) is 58.3 cm³/mol. The molecule has 0 aliphatic rings. The zero-order valence-corrected chi connectivity index (χ0v) is 9.87. The molecule has 1 aromatic rings. The lowest BCUT2D eigenvalue weighted by Gasteiger charge is -2.27. The molecule has 1 aromatic heterocycles. The van der Waals surface area contributed by atoms with Gasteiger partial charge in [-0.25, -0.2) is 0 Å². The summed E-state index contributed by atoms with van der Waals surface area (Å²) in [6.45, 7) is 3.52. The Hall–Kier alpha value is -1.50. The molecule has 2 N–H and O–H groups in total. The smallest absolute Gasteiger partial charge is 0.305 e. The fourth-order valence-electron chi connectivity index (χ4n) is 1.19. The molecule has 1 amide bonds. The van der Waals surface area contributed by atoms with E-state index in [1.165, 1.54) is 6.20 Å². The molecule has 16 heavy (non-hydrogen) atoms. The predicted octanol–water partition coefficient (Wildman–Crippen LogP) is 0.911. The van der Waals surface area contributed by atoms with Crippen LogP contribution in [0.15, 0.2) is 6.20 Å². The van der Waals surface area contributed by atoms with Crippen molar-refractivity contribution in [3.63, 3.8) is 0 Å². The third-order valence-electron chi connectivity index (χ3n) is 2.33. The van der Waals surface area contributed by atoms with Crippen LogP contribution in [0.25, 0.3) is 0 Å². The highest BCUT2D eigenvalue weighted by atomic mass is 32.1. The van der Waals surface area contributed by atoms with Crippen molar-refractivity contribution >= 4 is 23.6 Å². The second-order valence-corrected chi connectivity index (χ2v) is 4.29. The summed E-state index contributed by atoms with van der Waals surface area (Å²) >= 11 is 0.938. The molecule has 0 fully saturated rings. The third-order valence-corrected chi connectivity index (χ3v) is 2.81. The minimum atomic E-state index is -0.943. The van der Waals surface area contributed by atoms with E-state index < -0.39 is 11.5 Å². The number of carboxylic acid groups (broad SMARTS) is 1. The number of hydrogen-bond donors (Lipinski definition) is 2. The van der Waals surface area contributed by atoms with E-state index in [1.807, 2.05) is 6.92 Å². The number of nitrogens with zero attached hydrogens (tertiary/aromatic N) is 2. The number of aliphatic carboxylic acids is 1. The molecular formula is C9H13N3O3S. The van der Waals surface area contributed by atoms with Crippen molar-refractivity contribution < 1.29 is 14.7 Å². The third kappa shape index (κ3) is 3.27. The van der Waals surface area contributed by atoms with Crippen LogP contribution in [0.3, 0.4) is 0 Å². The van der Waals surface area contributed by atoms with Gasteiger partial charge < -0.3 is 10.4 Å². The van der Waals surface area contributed by atoms with Gasteiger partial charge in [0.25, 0.3) is 5.91 Å². The molecule has 6 nitrogen and oxygen atoms in total. The minimum Gasteiger partial charge on any atom is -0.481 e. The SMILES string of the molecule is CCC(C)(CC(=O)O)NC(=O)c1cnsn1. The quantitative estimate of drug-likeness (QED) is 0.802. The minimum absolute atomic E-state index is 0.118. The van der Waals surface area contributed by atoms with Gasteiger partial charge in [0.05, 0.1) is 24.3 Å². The van der Waals surface area contributed by atoms with Gasteiger partial charge >= 0.3 is 5.97 Å². The lowest BCUT2D eigenvalue weighted by atomic mass is 9.94. The summed E-state index contributed by atoms with van der Waals surface area (Å²) in [6.07, 6.45) is 1.77. The number of carboxylic acids is 1. The Kier molecular flexibility index (Phi) is 3.94. The summed E-state index contributed by atoms with van der Waals surface area (Å²) in [6, 6.07) is 0. The highest BCUT2D eigenvalue weighted by Gasteiger charge is 2.28. The molecule has 1 rings (SSSR count). The summed E-state index contributed by atoms with van der Waals surface area (Å²) in [7, 11) is 0. The van der Waals surface area contributed by atoms with E-state index in [0.717, 1.165) is 11.7 Å². The fraction of sp³-hybridized carbons (Fsp3) is 0.556. The van der Waals surface area contributed by atoms with Crippen molar-refractivity contribution in [2.45, 2.75) is 32.2 Å². The van der Waals surface area contributed by atoms with Gasteiger partial charge in [-0.2, -0.15) is 8.75 Å². The van der Waals surface area contributed by atoms with Gasteiger partial charge in [0, 0.05) is 5.54 Å². The number of rotatable bonds is 5. The van der Waals surface area contributed by atoms with Gasteiger partial charge in [-0.3, -0.25) is 9.59 Å². The van der Waals surface area contributed by atoms with Crippen LogP contribution in [0, 0.1) is 0 Å². The molecule has 0 bridgehead atoms. The molecule has 0 aliphatic carbocycles. The van der Waals surface area contributed by atoms with Gasteiger partial charge in [0.2, 0.25) is 0 Å². The van der Waals surface area contributed by atoms with Crippen molar-refractivity contribution in [3.05, 3.63) is 11.9 Å². The normalized spacial score (nSPS) is 14.1. The molecule has 7 heteroatoms. The van der Waals surface area contributed by atoms with E-state index in [9.17, 15) is 9.59 Å². The van der Waals surface area contributed by atoms with Crippen LogP contribution in [0.4, 0.5) is 0 Å². The topological polar surface area (TPSA) is 92.2 Å². The fourth-order valence-corrected chi connectivity index (χ4v) is 1.61. The second kappa shape index (κ2) is 5.02. The molecule has 0 saturated heterocycles. The van der Waals surface area contributed by atoms with E-state index in [2.05, 4.69) is 14.1 Å². The number of hydrogen-bond acceptors (Lipinski definition) is 5. The van der Waals surface area contributed by atoms with Crippen LogP contribution in [-0.4, -0.2) is 31.3 Å².